The van der Waals surface area contributed by atoms with Crippen LogP contribution < -0.4 is 0 Å². The van der Waals surface area contributed by atoms with Crippen LogP contribution in [0.4, 0.5) is 0 Å². The summed E-state index contributed by atoms with van der Waals surface area (Å²) in [5, 5.41) is 1.28. The Morgan fingerprint density at radius 1 is 0.833 bits per heavy atom. The zero-order chi connectivity index (χ0) is 15.4. The van der Waals surface area contributed by atoms with Gasteiger partial charge in [0.05, 0.1) is 5.52 Å². The summed E-state index contributed by atoms with van der Waals surface area (Å²) in [6.45, 7) is 2.18. The number of rotatable bonds is 1. The first kappa shape index (κ1) is 15.3. The average molecular weight is 485 g/mol. The van der Waals surface area contributed by atoms with Crippen LogP contribution in [-0.4, -0.2) is 4.98 Å². The summed E-state index contributed by atoms with van der Waals surface area (Å²) >= 11 is 0. The molecule has 117 valence electrons. The van der Waals surface area contributed by atoms with Gasteiger partial charge < -0.3 is 0 Å². The van der Waals surface area contributed by atoms with E-state index in [0.717, 1.165) is 16.8 Å². The first-order valence-electron chi connectivity index (χ1n) is 7.84. The van der Waals surface area contributed by atoms with Gasteiger partial charge >= 0.3 is 0 Å². The van der Waals surface area contributed by atoms with E-state index in [1.807, 2.05) is 18.2 Å². The number of benzene rings is 3. The second-order valence-corrected chi connectivity index (χ2v) is 6.03. The minimum absolute atomic E-state index is 0. The van der Waals surface area contributed by atoms with E-state index in [0.29, 0.717) is 0 Å². The number of hydrogen-bond acceptors (Lipinski definition) is 1. The Kier molecular flexibility index (Phi) is 3.60. The molecule has 0 N–H and O–H groups in total. The summed E-state index contributed by atoms with van der Waals surface area (Å²) in [7, 11) is 0. The summed E-state index contributed by atoms with van der Waals surface area (Å²) in [6.07, 6.45) is 0. The van der Waals surface area contributed by atoms with Gasteiger partial charge in [0.25, 0.3) is 0 Å². The van der Waals surface area contributed by atoms with Crippen molar-refractivity contribution in [1.82, 2.24) is 4.98 Å². The number of fused-ring (bicyclic) bond motifs is 3. The van der Waals surface area contributed by atoms with Gasteiger partial charge in [-0.15, -0.1) is 35.9 Å². The second-order valence-electron chi connectivity index (χ2n) is 6.03. The number of hydrogen-bond donors (Lipinski definition) is 0. The molecule has 2 heteroatoms. The Morgan fingerprint density at radius 2 is 1.62 bits per heavy atom. The van der Waals surface area contributed by atoms with Gasteiger partial charge in [-0.25, -0.2) is 0 Å². The summed E-state index contributed by atoms with van der Waals surface area (Å²) < 4.78 is 0. The third kappa shape index (κ3) is 2.07. The van der Waals surface area contributed by atoms with Gasteiger partial charge in [-0.1, -0.05) is 36.4 Å². The molecular weight excluding hydrogens is 470 g/mol. The van der Waals surface area contributed by atoms with E-state index in [2.05, 4.69) is 61.5 Å². The molecule has 0 amide bonds. The van der Waals surface area contributed by atoms with Crippen molar-refractivity contribution in [3.05, 3.63) is 78.4 Å². The van der Waals surface area contributed by atoms with Crippen LogP contribution in [0.2, 0.25) is 0 Å². The van der Waals surface area contributed by atoms with Crippen molar-refractivity contribution in [3.63, 3.8) is 0 Å². The Balaban J connectivity index is 0.00000146. The van der Waals surface area contributed by atoms with Crippen molar-refractivity contribution in [3.8, 4) is 33.5 Å². The van der Waals surface area contributed by atoms with Gasteiger partial charge in [-0.3, -0.25) is 4.98 Å². The molecule has 0 saturated carbocycles. The largest absolute Gasteiger partial charge is 0.296 e. The number of aryl methyl sites for hydroxylation is 1. The van der Waals surface area contributed by atoms with Gasteiger partial charge in [0.15, 0.2) is 0 Å². The standard InChI is InChI=1S/C22H14N.Ir/c1-14-11-12-19-22-18(16-9-5-6-10-17(16)21(14)22)13-20(23-19)15-7-3-2-4-8-15;/h2-7,9-13H,1H3;/q-1;. The molecule has 24 heavy (non-hydrogen) atoms. The first-order chi connectivity index (χ1) is 11.3. The van der Waals surface area contributed by atoms with E-state index in [9.17, 15) is 0 Å². The van der Waals surface area contributed by atoms with Gasteiger partial charge in [0, 0.05) is 25.5 Å². The van der Waals surface area contributed by atoms with Crippen molar-refractivity contribution < 1.29 is 20.1 Å². The van der Waals surface area contributed by atoms with E-state index >= 15 is 0 Å². The molecule has 1 heterocycles. The Labute approximate surface area is 154 Å². The van der Waals surface area contributed by atoms with E-state index in [1.54, 1.807) is 0 Å². The molecule has 0 bridgehead atoms. The molecule has 0 unspecified atom stereocenters. The minimum atomic E-state index is 0. The maximum atomic E-state index is 4.90. The van der Waals surface area contributed by atoms with Gasteiger partial charge in [0.1, 0.15) is 0 Å². The molecule has 1 radical (unpaired) electrons. The van der Waals surface area contributed by atoms with Crippen LogP contribution in [0, 0.1) is 13.0 Å². The van der Waals surface area contributed by atoms with Crippen LogP contribution in [0.1, 0.15) is 5.56 Å². The fourth-order valence-electron chi connectivity index (χ4n) is 3.62. The zero-order valence-corrected chi connectivity index (χ0v) is 15.5. The monoisotopic (exact) mass is 485 g/mol. The smallest absolute Gasteiger partial charge is 0.0608 e. The molecular formula is C22H14IrN-. The van der Waals surface area contributed by atoms with Gasteiger partial charge in [-0.05, 0) is 46.5 Å². The molecule has 4 aromatic rings. The molecule has 1 aromatic heterocycles. The summed E-state index contributed by atoms with van der Waals surface area (Å²) in [6, 6.07) is 26.5. The predicted molar refractivity (Wildman–Crippen MR) is 95.2 cm³/mol. The molecule has 0 fully saturated rings. The van der Waals surface area contributed by atoms with Gasteiger partial charge in [0.2, 0.25) is 0 Å². The predicted octanol–water partition coefficient (Wildman–Crippen LogP) is 5.66. The third-order valence-corrected chi connectivity index (χ3v) is 4.65. The van der Waals surface area contributed by atoms with Crippen molar-refractivity contribution in [2.24, 2.45) is 0 Å². The summed E-state index contributed by atoms with van der Waals surface area (Å²) in [4.78, 5) is 4.90. The van der Waals surface area contributed by atoms with Crippen LogP contribution in [0.5, 0.6) is 0 Å². The van der Waals surface area contributed by atoms with Crippen LogP contribution >= 0.6 is 0 Å². The maximum absolute atomic E-state index is 4.90. The average Bonchev–Trinajstić information content (AvgIpc) is 2.95. The fraction of sp³-hybridized carbons (Fsp3) is 0.0455. The summed E-state index contributed by atoms with van der Waals surface area (Å²) in [5.74, 6) is 0. The molecule has 0 aliphatic heterocycles. The molecule has 1 nitrogen and oxygen atoms in total. The van der Waals surface area contributed by atoms with E-state index in [1.165, 1.54) is 33.2 Å². The molecule has 3 aromatic carbocycles. The SMILES string of the molecule is Cc1ccc2nc(-c3[c-]cccc3)cc3c2c1-c1ccccc1-3.[Ir]. The molecule has 0 saturated heterocycles. The zero-order valence-electron chi connectivity index (χ0n) is 13.1. The van der Waals surface area contributed by atoms with Crippen LogP contribution in [-0.2, 0) is 20.1 Å². The Morgan fingerprint density at radius 3 is 2.42 bits per heavy atom. The quantitative estimate of drug-likeness (QED) is 0.280. The van der Waals surface area contributed by atoms with Crippen LogP contribution in [0.15, 0.2) is 66.7 Å². The fourth-order valence-corrected chi connectivity index (χ4v) is 3.62. The minimum Gasteiger partial charge on any atom is -0.296 e. The Bertz CT molecular complexity index is 1070. The topological polar surface area (TPSA) is 12.9 Å². The molecule has 1 aliphatic rings. The van der Waals surface area contributed by atoms with E-state index < -0.39 is 0 Å². The number of aromatic nitrogens is 1. The normalized spacial score (nSPS) is 11.2. The van der Waals surface area contributed by atoms with Crippen molar-refractivity contribution in [2.75, 3.05) is 0 Å². The first-order valence-corrected chi connectivity index (χ1v) is 7.84. The Hall–Kier alpha value is -2.28. The summed E-state index contributed by atoms with van der Waals surface area (Å²) in [5.41, 5.74) is 9.65. The molecule has 5 rings (SSSR count). The van der Waals surface area contributed by atoms with E-state index in [4.69, 9.17) is 4.98 Å². The van der Waals surface area contributed by atoms with Gasteiger partial charge in [-0.2, -0.15) is 0 Å². The van der Waals surface area contributed by atoms with Crippen molar-refractivity contribution in [2.45, 2.75) is 6.92 Å². The van der Waals surface area contributed by atoms with Crippen LogP contribution in [0.25, 0.3) is 44.4 Å². The number of pyridine rings is 1. The third-order valence-electron chi connectivity index (χ3n) is 4.65. The second kappa shape index (κ2) is 5.66. The maximum Gasteiger partial charge on any atom is 0.0608 e. The van der Waals surface area contributed by atoms with Crippen LogP contribution in [0.3, 0.4) is 0 Å². The number of nitrogens with zero attached hydrogens (tertiary/aromatic N) is 1. The van der Waals surface area contributed by atoms with Crippen molar-refractivity contribution in [1.29, 1.82) is 0 Å². The molecule has 0 spiro atoms. The molecule has 1 aliphatic carbocycles. The van der Waals surface area contributed by atoms with Crippen molar-refractivity contribution >= 4 is 10.9 Å². The molecule has 0 atom stereocenters. The van der Waals surface area contributed by atoms with E-state index in [-0.39, 0.29) is 20.1 Å².